The fourth-order valence-electron chi connectivity index (χ4n) is 3.70. The van der Waals surface area contributed by atoms with Gasteiger partial charge in [-0.2, -0.15) is 0 Å². The van der Waals surface area contributed by atoms with Crippen molar-refractivity contribution in [2.75, 3.05) is 18.6 Å². The molecule has 4 amide bonds. The first-order chi connectivity index (χ1) is 15.1. The maximum absolute atomic E-state index is 12.9. The number of urea groups is 1. The average Bonchev–Trinajstić information content (AvgIpc) is 3.06. The van der Waals surface area contributed by atoms with E-state index in [0.29, 0.717) is 18.7 Å². The van der Waals surface area contributed by atoms with Gasteiger partial charge in [-0.15, -0.1) is 0 Å². The molecule has 1 heterocycles. The topological polar surface area (TPSA) is 87.7 Å². The highest BCUT2D eigenvalue weighted by molar-refractivity contribution is 6.24. The van der Waals surface area contributed by atoms with Crippen molar-refractivity contribution in [2.24, 2.45) is 0 Å². The highest BCUT2D eigenvalue weighted by Crippen LogP contribution is 2.29. The number of fused-ring (bicyclic) bond motifs is 1. The van der Waals surface area contributed by atoms with Crippen LogP contribution < -0.4 is 20.3 Å². The summed E-state index contributed by atoms with van der Waals surface area (Å²) in [5.41, 5.74) is 1.58. The number of ether oxygens (including phenoxy) is 1. The zero-order chi connectivity index (χ0) is 21.8. The summed E-state index contributed by atoms with van der Waals surface area (Å²) in [6.45, 7) is 0.438. The van der Waals surface area contributed by atoms with Crippen molar-refractivity contribution in [1.82, 2.24) is 10.6 Å². The molecule has 0 radical (unpaired) electrons. The lowest BCUT2D eigenvalue weighted by Crippen LogP contribution is -2.37. The number of benzene rings is 3. The van der Waals surface area contributed by atoms with E-state index in [0.717, 1.165) is 27.0 Å². The quantitative estimate of drug-likeness (QED) is 0.579. The van der Waals surface area contributed by atoms with Gasteiger partial charge in [-0.25, -0.2) is 9.69 Å². The minimum Gasteiger partial charge on any atom is -0.497 e. The van der Waals surface area contributed by atoms with E-state index in [1.807, 2.05) is 54.6 Å². The summed E-state index contributed by atoms with van der Waals surface area (Å²) in [5.74, 6) is 0.0672. The summed E-state index contributed by atoms with van der Waals surface area (Å²) in [6, 6.07) is 19.2. The molecule has 4 rings (SSSR count). The predicted octanol–water partition coefficient (Wildman–Crippen LogP) is 3.02. The minimum absolute atomic E-state index is 0.103. The van der Waals surface area contributed by atoms with Crippen LogP contribution in [-0.2, 0) is 16.0 Å². The lowest BCUT2D eigenvalue weighted by atomic mass is 10.1. The number of amides is 4. The van der Waals surface area contributed by atoms with Gasteiger partial charge in [0.2, 0.25) is 5.91 Å². The molecule has 1 aliphatic heterocycles. The van der Waals surface area contributed by atoms with Gasteiger partial charge in [0, 0.05) is 11.9 Å². The molecular formula is C24H23N3O4. The maximum Gasteiger partial charge on any atom is 0.329 e. The highest BCUT2D eigenvalue weighted by atomic mass is 16.5. The molecule has 2 N–H and O–H groups in total. The van der Waals surface area contributed by atoms with Crippen molar-refractivity contribution in [2.45, 2.75) is 18.9 Å². The number of nitrogens with zero attached hydrogens (tertiary/aromatic N) is 1. The average molecular weight is 417 g/mol. The van der Waals surface area contributed by atoms with Gasteiger partial charge in [-0.1, -0.05) is 48.5 Å². The molecule has 3 aromatic carbocycles. The van der Waals surface area contributed by atoms with Crippen LogP contribution in [0.1, 0.15) is 12.0 Å². The number of imide groups is 1. The van der Waals surface area contributed by atoms with Crippen molar-refractivity contribution in [1.29, 1.82) is 0 Å². The van der Waals surface area contributed by atoms with Gasteiger partial charge in [0.15, 0.2) is 0 Å². The van der Waals surface area contributed by atoms with Gasteiger partial charge in [-0.05, 0) is 35.6 Å². The van der Waals surface area contributed by atoms with E-state index in [4.69, 9.17) is 4.74 Å². The van der Waals surface area contributed by atoms with E-state index in [-0.39, 0.29) is 12.3 Å². The molecule has 0 aliphatic carbocycles. The number of hydrogen-bond donors (Lipinski definition) is 2. The second kappa shape index (κ2) is 8.87. The second-order valence-corrected chi connectivity index (χ2v) is 7.33. The van der Waals surface area contributed by atoms with Crippen LogP contribution in [0.2, 0.25) is 0 Å². The van der Waals surface area contributed by atoms with Crippen molar-refractivity contribution in [3.8, 4) is 5.75 Å². The van der Waals surface area contributed by atoms with E-state index in [9.17, 15) is 14.4 Å². The standard InChI is InChI=1S/C24H23N3O4/c1-31-18-11-9-16(10-12-18)13-14-25-22(28)15-20-23(29)27(24(30)26-20)21-8-4-6-17-5-2-3-7-19(17)21/h2-12,20H,13-15H2,1H3,(H,25,28)(H,26,30)/t20-/m0/s1. The normalized spacial score (nSPS) is 15.8. The molecule has 1 atom stereocenters. The number of nitrogens with one attached hydrogen (secondary N) is 2. The van der Waals surface area contributed by atoms with Crippen LogP contribution in [0.3, 0.4) is 0 Å². The Morgan fingerprint density at radius 1 is 1.03 bits per heavy atom. The Balaban J connectivity index is 1.36. The van der Waals surface area contributed by atoms with Gasteiger partial charge in [0.1, 0.15) is 11.8 Å². The smallest absolute Gasteiger partial charge is 0.329 e. The Morgan fingerprint density at radius 2 is 1.77 bits per heavy atom. The Morgan fingerprint density at radius 3 is 2.55 bits per heavy atom. The molecule has 0 aromatic heterocycles. The number of hydrogen-bond acceptors (Lipinski definition) is 4. The van der Waals surface area contributed by atoms with Crippen LogP contribution in [0.15, 0.2) is 66.7 Å². The van der Waals surface area contributed by atoms with Gasteiger partial charge in [-0.3, -0.25) is 9.59 Å². The third kappa shape index (κ3) is 4.35. The molecule has 158 valence electrons. The Hall–Kier alpha value is -3.87. The van der Waals surface area contributed by atoms with E-state index in [1.54, 1.807) is 19.2 Å². The van der Waals surface area contributed by atoms with Gasteiger partial charge >= 0.3 is 6.03 Å². The van der Waals surface area contributed by atoms with Crippen LogP contribution in [0, 0.1) is 0 Å². The second-order valence-electron chi connectivity index (χ2n) is 7.33. The monoisotopic (exact) mass is 417 g/mol. The fraction of sp³-hybridized carbons (Fsp3) is 0.208. The van der Waals surface area contributed by atoms with Crippen molar-refractivity contribution in [3.05, 3.63) is 72.3 Å². The van der Waals surface area contributed by atoms with Crippen molar-refractivity contribution in [3.63, 3.8) is 0 Å². The van der Waals surface area contributed by atoms with E-state index in [1.165, 1.54) is 0 Å². The summed E-state index contributed by atoms with van der Waals surface area (Å²) in [7, 11) is 1.61. The third-order valence-corrected chi connectivity index (χ3v) is 5.31. The molecule has 3 aromatic rings. The number of methoxy groups -OCH3 is 1. The first-order valence-corrected chi connectivity index (χ1v) is 10.1. The zero-order valence-corrected chi connectivity index (χ0v) is 17.1. The largest absolute Gasteiger partial charge is 0.497 e. The van der Waals surface area contributed by atoms with E-state index < -0.39 is 18.0 Å². The highest BCUT2D eigenvalue weighted by Gasteiger charge is 2.40. The van der Waals surface area contributed by atoms with Gasteiger partial charge in [0.25, 0.3) is 5.91 Å². The summed E-state index contributed by atoms with van der Waals surface area (Å²) in [5, 5.41) is 7.18. The summed E-state index contributed by atoms with van der Waals surface area (Å²) < 4.78 is 5.13. The fourth-order valence-corrected chi connectivity index (χ4v) is 3.70. The molecule has 7 heteroatoms. The molecule has 0 saturated carbocycles. The third-order valence-electron chi connectivity index (χ3n) is 5.31. The van der Waals surface area contributed by atoms with Crippen molar-refractivity contribution >= 4 is 34.3 Å². The molecule has 0 unspecified atom stereocenters. The summed E-state index contributed by atoms with van der Waals surface area (Å²) in [6.07, 6.45) is 0.553. The van der Waals surface area contributed by atoms with Crippen LogP contribution in [-0.4, -0.2) is 37.5 Å². The molecule has 31 heavy (non-hydrogen) atoms. The van der Waals surface area contributed by atoms with Gasteiger partial charge < -0.3 is 15.4 Å². The number of carbonyl (C=O) groups excluding carboxylic acids is 3. The van der Waals surface area contributed by atoms with Crippen LogP contribution in [0.25, 0.3) is 10.8 Å². The minimum atomic E-state index is -0.882. The molecular weight excluding hydrogens is 394 g/mol. The Labute approximate surface area is 180 Å². The summed E-state index contributed by atoms with van der Waals surface area (Å²) in [4.78, 5) is 38.9. The lowest BCUT2D eigenvalue weighted by Gasteiger charge is -2.15. The predicted molar refractivity (Wildman–Crippen MR) is 118 cm³/mol. The van der Waals surface area contributed by atoms with E-state index >= 15 is 0 Å². The number of carbonyl (C=O) groups is 3. The molecule has 1 fully saturated rings. The zero-order valence-electron chi connectivity index (χ0n) is 17.1. The van der Waals surface area contributed by atoms with Crippen LogP contribution in [0.5, 0.6) is 5.75 Å². The molecule has 7 nitrogen and oxygen atoms in total. The Kier molecular flexibility index (Phi) is 5.84. The van der Waals surface area contributed by atoms with Gasteiger partial charge in [0.05, 0.1) is 19.2 Å². The lowest BCUT2D eigenvalue weighted by molar-refractivity contribution is -0.125. The molecule has 1 saturated heterocycles. The first kappa shape index (κ1) is 20.4. The molecule has 1 aliphatic rings. The van der Waals surface area contributed by atoms with Crippen LogP contribution in [0.4, 0.5) is 10.5 Å². The maximum atomic E-state index is 12.9. The van der Waals surface area contributed by atoms with Crippen molar-refractivity contribution < 1.29 is 19.1 Å². The van der Waals surface area contributed by atoms with E-state index in [2.05, 4.69) is 10.6 Å². The number of rotatable bonds is 7. The molecule has 0 bridgehead atoms. The Bertz CT molecular complexity index is 1120. The molecule has 0 spiro atoms. The number of anilines is 1. The summed E-state index contributed by atoms with van der Waals surface area (Å²) >= 11 is 0. The SMILES string of the molecule is COc1ccc(CCNC(=O)C[C@@H]2NC(=O)N(c3cccc4ccccc34)C2=O)cc1. The van der Waals surface area contributed by atoms with Crippen LogP contribution >= 0.6 is 0 Å². The first-order valence-electron chi connectivity index (χ1n) is 10.1.